The Balaban J connectivity index is 1.51. The van der Waals surface area contributed by atoms with Crippen LogP contribution in [0.5, 0.6) is 0 Å². The highest BCUT2D eigenvalue weighted by molar-refractivity contribution is 5.94. The van der Waals surface area contributed by atoms with Crippen LogP contribution in [-0.4, -0.2) is 65.8 Å². The predicted molar refractivity (Wildman–Crippen MR) is 139 cm³/mol. The van der Waals surface area contributed by atoms with Crippen LogP contribution in [0.15, 0.2) is 48.9 Å². The number of carbonyl (C=O) groups excluding carboxylic acids is 2. The molecule has 2 amide bonds. The fourth-order valence-electron chi connectivity index (χ4n) is 5.18. The number of likely N-dealkylation sites (tertiary alicyclic amines) is 1. The van der Waals surface area contributed by atoms with Gasteiger partial charge in [0.15, 0.2) is 5.69 Å². The van der Waals surface area contributed by atoms with Crippen molar-refractivity contribution in [3.8, 4) is 17.1 Å². The van der Waals surface area contributed by atoms with E-state index in [1.165, 1.54) is 5.06 Å². The van der Waals surface area contributed by atoms with Crippen molar-refractivity contribution >= 4 is 12.3 Å². The molecule has 0 N–H and O–H groups in total. The first-order chi connectivity index (χ1) is 17.7. The number of piperidine rings is 1. The van der Waals surface area contributed by atoms with Gasteiger partial charge in [-0.1, -0.05) is 6.07 Å². The van der Waals surface area contributed by atoms with Gasteiger partial charge in [0, 0.05) is 18.9 Å². The molecule has 1 aliphatic carbocycles. The van der Waals surface area contributed by atoms with Gasteiger partial charge in [-0.25, -0.2) is 9.75 Å². The molecule has 1 aliphatic heterocycles. The second-order valence-electron chi connectivity index (χ2n) is 11.0. The summed E-state index contributed by atoms with van der Waals surface area (Å²) in [6.07, 6.45) is 10.3. The van der Waals surface area contributed by atoms with E-state index in [0.717, 1.165) is 61.2 Å². The molecule has 3 aromatic rings. The molecule has 0 aromatic carbocycles. The lowest BCUT2D eigenvalue weighted by Gasteiger charge is -2.44. The lowest BCUT2D eigenvalue weighted by Crippen LogP contribution is -2.58. The van der Waals surface area contributed by atoms with E-state index >= 15 is 0 Å². The van der Waals surface area contributed by atoms with Gasteiger partial charge in [-0.15, -0.1) is 0 Å². The normalized spacial score (nSPS) is 18.9. The Bertz CT molecular complexity index is 1260. The Morgan fingerprint density at radius 1 is 1.19 bits per heavy atom. The van der Waals surface area contributed by atoms with Gasteiger partial charge in [0.05, 0.1) is 40.5 Å². The first kappa shape index (κ1) is 25.1. The summed E-state index contributed by atoms with van der Waals surface area (Å²) in [7, 11) is 0. The molecule has 1 saturated carbocycles. The third-order valence-corrected chi connectivity index (χ3v) is 7.05. The van der Waals surface area contributed by atoms with Crippen LogP contribution in [0.2, 0.25) is 0 Å². The zero-order chi connectivity index (χ0) is 26.2. The topological polar surface area (TPSA) is 93.5 Å². The van der Waals surface area contributed by atoms with Gasteiger partial charge in [0.25, 0.3) is 5.91 Å². The zero-order valence-electron chi connectivity index (χ0n) is 21.9. The van der Waals surface area contributed by atoms with Crippen LogP contribution in [0.3, 0.4) is 0 Å². The molecule has 4 heterocycles. The molecule has 37 heavy (non-hydrogen) atoms. The minimum Gasteiger partial charge on any atom is -0.332 e. The molecule has 9 nitrogen and oxygen atoms in total. The van der Waals surface area contributed by atoms with Gasteiger partial charge < -0.3 is 4.90 Å². The maximum absolute atomic E-state index is 14.0. The third-order valence-electron chi connectivity index (χ3n) is 7.05. The Kier molecular flexibility index (Phi) is 6.58. The van der Waals surface area contributed by atoms with Crippen LogP contribution in [-0.2, 0) is 9.63 Å². The second kappa shape index (κ2) is 9.70. The summed E-state index contributed by atoms with van der Waals surface area (Å²) in [5, 5.41) is 6.22. The summed E-state index contributed by atoms with van der Waals surface area (Å²) >= 11 is 0. The molecular formula is C28H34N6O3. The van der Waals surface area contributed by atoms with Crippen molar-refractivity contribution in [2.24, 2.45) is 0 Å². The molecule has 1 atom stereocenters. The molecule has 1 unspecified atom stereocenters. The van der Waals surface area contributed by atoms with Crippen molar-refractivity contribution < 1.29 is 14.4 Å². The van der Waals surface area contributed by atoms with Crippen LogP contribution < -0.4 is 0 Å². The van der Waals surface area contributed by atoms with Gasteiger partial charge in [0.1, 0.15) is 0 Å². The SMILES string of the molecule is Cc1ccc(-c2cc(C(=O)N3CCCCC3C3(N(C=O)OC(C)(C)C)CC3)nn2-c2cccnc2)nc1. The predicted octanol–water partition coefficient (Wildman–Crippen LogP) is 4.35. The maximum Gasteiger partial charge on any atom is 0.274 e. The first-order valence-electron chi connectivity index (χ1n) is 12.9. The Morgan fingerprint density at radius 2 is 2.00 bits per heavy atom. The van der Waals surface area contributed by atoms with Crippen molar-refractivity contribution in [1.29, 1.82) is 0 Å². The molecule has 0 radical (unpaired) electrons. The highest BCUT2D eigenvalue weighted by Gasteiger charge is 2.58. The monoisotopic (exact) mass is 502 g/mol. The molecule has 3 aromatic heterocycles. The average molecular weight is 503 g/mol. The standard InChI is InChI=1S/C28H34N6O3/c1-20-10-11-22(30-17-20)24-16-23(31-34(24)21-8-7-14-29-18-21)26(36)32-15-6-5-9-25(32)28(12-13-28)33(19-35)37-27(2,3)4/h7-8,10-11,14,16-19,25H,5-6,9,12-13,15H2,1-4H3. The van der Waals surface area contributed by atoms with E-state index in [1.807, 2.05) is 56.9 Å². The van der Waals surface area contributed by atoms with Gasteiger partial charge in [-0.05, 0) is 89.6 Å². The maximum atomic E-state index is 14.0. The quantitative estimate of drug-likeness (QED) is 0.352. The highest BCUT2D eigenvalue weighted by atomic mass is 16.7. The molecule has 5 rings (SSSR count). The number of nitrogens with zero attached hydrogens (tertiary/aromatic N) is 6. The Morgan fingerprint density at radius 3 is 2.62 bits per heavy atom. The summed E-state index contributed by atoms with van der Waals surface area (Å²) in [5.74, 6) is -0.145. The van der Waals surface area contributed by atoms with Crippen LogP contribution >= 0.6 is 0 Å². The Labute approximate surface area is 217 Å². The number of amides is 2. The van der Waals surface area contributed by atoms with E-state index < -0.39 is 11.1 Å². The Hall–Kier alpha value is -3.59. The van der Waals surface area contributed by atoms with Crippen LogP contribution in [0, 0.1) is 6.92 Å². The summed E-state index contributed by atoms with van der Waals surface area (Å²) in [6.45, 7) is 8.38. The number of rotatable bonds is 7. The molecular weight excluding hydrogens is 468 g/mol. The lowest BCUT2D eigenvalue weighted by molar-refractivity contribution is -0.246. The number of hydrogen-bond donors (Lipinski definition) is 0. The summed E-state index contributed by atoms with van der Waals surface area (Å²) in [5.41, 5.74) is 2.57. The van der Waals surface area contributed by atoms with Gasteiger partial charge >= 0.3 is 0 Å². The van der Waals surface area contributed by atoms with Crippen molar-refractivity contribution in [1.82, 2.24) is 29.7 Å². The second-order valence-corrected chi connectivity index (χ2v) is 11.0. The van der Waals surface area contributed by atoms with E-state index in [0.29, 0.717) is 12.2 Å². The number of carbonyl (C=O) groups is 2. The average Bonchev–Trinajstić information content (AvgIpc) is 3.58. The van der Waals surface area contributed by atoms with Crippen molar-refractivity contribution in [3.63, 3.8) is 0 Å². The molecule has 9 heteroatoms. The first-order valence-corrected chi connectivity index (χ1v) is 12.9. The fourth-order valence-corrected chi connectivity index (χ4v) is 5.18. The summed E-state index contributed by atoms with van der Waals surface area (Å²) in [6, 6.07) is 9.34. The van der Waals surface area contributed by atoms with E-state index in [2.05, 4.69) is 9.97 Å². The minimum atomic E-state index is -0.515. The number of aryl methyl sites for hydroxylation is 1. The molecule has 2 aliphatic rings. The van der Waals surface area contributed by atoms with Gasteiger partial charge in [0.2, 0.25) is 6.41 Å². The van der Waals surface area contributed by atoms with Gasteiger partial charge in [-0.2, -0.15) is 5.10 Å². The number of hydroxylamine groups is 2. The van der Waals surface area contributed by atoms with E-state index in [9.17, 15) is 9.59 Å². The van der Waals surface area contributed by atoms with Crippen molar-refractivity contribution in [2.45, 2.75) is 77.0 Å². The smallest absolute Gasteiger partial charge is 0.274 e. The number of aromatic nitrogens is 4. The van der Waals surface area contributed by atoms with Gasteiger partial charge in [-0.3, -0.25) is 24.4 Å². The van der Waals surface area contributed by atoms with E-state index in [4.69, 9.17) is 9.94 Å². The number of pyridine rings is 2. The molecule has 194 valence electrons. The number of hydrogen-bond acceptors (Lipinski definition) is 6. The van der Waals surface area contributed by atoms with E-state index in [-0.39, 0.29) is 11.9 Å². The van der Waals surface area contributed by atoms with E-state index in [1.54, 1.807) is 29.3 Å². The summed E-state index contributed by atoms with van der Waals surface area (Å²) in [4.78, 5) is 42.9. The minimum absolute atomic E-state index is 0.134. The van der Waals surface area contributed by atoms with Crippen LogP contribution in [0.25, 0.3) is 17.1 Å². The lowest BCUT2D eigenvalue weighted by atomic mass is 9.93. The molecule has 1 saturated heterocycles. The molecule has 0 spiro atoms. The van der Waals surface area contributed by atoms with Crippen molar-refractivity contribution in [3.05, 3.63) is 60.2 Å². The zero-order valence-corrected chi connectivity index (χ0v) is 21.9. The molecule has 2 fully saturated rings. The largest absolute Gasteiger partial charge is 0.332 e. The fraction of sp³-hybridized carbons (Fsp3) is 0.464. The van der Waals surface area contributed by atoms with Crippen LogP contribution in [0.1, 0.15) is 68.9 Å². The highest BCUT2D eigenvalue weighted by Crippen LogP contribution is 2.49. The van der Waals surface area contributed by atoms with Crippen LogP contribution in [0.4, 0.5) is 0 Å². The van der Waals surface area contributed by atoms with Crippen molar-refractivity contribution in [2.75, 3.05) is 6.54 Å². The molecule has 0 bridgehead atoms. The summed E-state index contributed by atoms with van der Waals surface area (Å²) < 4.78 is 1.73. The third kappa shape index (κ3) is 5.00.